The number of aryl methyl sites for hydroxylation is 1. The van der Waals surface area contributed by atoms with Crippen molar-refractivity contribution in [1.29, 1.82) is 0 Å². The van der Waals surface area contributed by atoms with E-state index >= 15 is 0 Å². The lowest BCUT2D eigenvalue weighted by molar-refractivity contribution is -0.384. The van der Waals surface area contributed by atoms with Crippen molar-refractivity contribution in [3.8, 4) is 0 Å². The first-order chi connectivity index (χ1) is 12.3. The van der Waals surface area contributed by atoms with E-state index < -0.39 is 16.4 Å². The predicted octanol–water partition coefficient (Wildman–Crippen LogP) is 3.47. The van der Waals surface area contributed by atoms with Gasteiger partial charge in [0.05, 0.1) is 26.2 Å². The van der Waals surface area contributed by atoms with Crippen LogP contribution in [-0.4, -0.2) is 20.2 Å². The summed E-state index contributed by atoms with van der Waals surface area (Å²) in [6.07, 6.45) is 1.39. The molecule has 10 heteroatoms. The number of nitro groups is 1. The third-order valence-corrected chi connectivity index (χ3v) is 4.15. The van der Waals surface area contributed by atoms with E-state index in [9.17, 15) is 19.7 Å². The number of halogens is 2. The summed E-state index contributed by atoms with van der Waals surface area (Å²) in [5.41, 5.74) is -0.116. The summed E-state index contributed by atoms with van der Waals surface area (Å²) in [5, 5.41) is 13.4. The van der Waals surface area contributed by atoms with Crippen molar-refractivity contribution in [2.45, 2.75) is 6.92 Å². The van der Waals surface area contributed by atoms with E-state index in [1.165, 1.54) is 16.7 Å². The Morgan fingerprint density at radius 1 is 1.27 bits per heavy atom. The Morgan fingerprint density at radius 2 is 2.00 bits per heavy atom. The molecule has 0 aliphatic rings. The maximum absolute atomic E-state index is 12.6. The molecule has 2 aromatic heterocycles. The molecule has 3 rings (SSSR count). The summed E-state index contributed by atoms with van der Waals surface area (Å²) in [6.45, 7) is 1.57. The molecule has 0 saturated carbocycles. The average molecular weight is 393 g/mol. The van der Waals surface area contributed by atoms with Gasteiger partial charge in [0.25, 0.3) is 17.2 Å². The fourth-order valence-corrected chi connectivity index (χ4v) is 2.77. The number of carbonyl (C=O) groups excluding carboxylic acids is 1. The molecular formula is C16H10Cl2N4O4. The van der Waals surface area contributed by atoms with Crippen molar-refractivity contribution in [2.75, 3.05) is 5.32 Å². The first-order valence-corrected chi connectivity index (χ1v) is 7.97. The van der Waals surface area contributed by atoms with Crippen LogP contribution >= 0.6 is 23.2 Å². The molecule has 0 unspecified atom stereocenters. The normalized spacial score (nSPS) is 10.7. The third-order valence-electron chi connectivity index (χ3n) is 3.61. The van der Waals surface area contributed by atoms with Crippen LogP contribution in [-0.2, 0) is 0 Å². The summed E-state index contributed by atoms with van der Waals surface area (Å²) >= 11 is 11.8. The van der Waals surface area contributed by atoms with Gasteiger partial charge in [-0.3, -0.25) is 24.1 Å². The van der Waals surface area contributed by atoms with E-state index in [1.807, 2.05) is 0 Å². The topological polar surface area (TPSA) is 107 Å². The maximum Gasteiger partial charge on any atom is 0.281 e. The highest BCUT2D eigenvalue weighted by molar-refractivity contribution is 6.34. The van der Waals surface area contributed by atoms with Gasteiger partial charge in [0.2, 0.25) is 0 Å². The van der Waals surface area contributed by atoms with Crippen LogP contribution in [0.4, 0.5) is 11.4 Å². The lowest BCUT2D eigenvalue weighted by atomic mass is 10.2. The fourth-order valence-electron chi connectivity index (χ4n) is 2.35. The highest BCUT2D eigenvalue weighted by Crippen LogP contribution is 2.23. The van der Waals surface area contributed by atoms with Crippen LogP contribution < -0.4 is 10.9 Å². The quantitative estimate of drug-likeness (QED) is 0.542. The molecule has 26 heavy (non-hydrogen) atoms. The van der Waals surface area contributed by atoms with Gasteiger partial charge in [-0.15, -0.1) is 0 Å². The Hall–Kier alpha value is -2.97. The van der Waals surface area contributed by atoms with Gasteiger partial charge in [0, 0.05) is 18.3 Å². The zero-order valence-corrected chi connectivity index (χ0v) is 14.7. The molecule has 0 saturated heterocycles. The number of nitro benzene ring substituents is 1. The number of fused-ring (bicyclic) bond motifs is 1. The fraction of sp³-hybridized carbons (Fsp3) is 0.0625. The molecule has 0 bridgehead atoms. The smallest absolute Gasteiger partial charge is 0.281 e. The van der Waals surface area contributed by atoms with Gasteiger partial charge in [-0.2, -0.15) is 0 Å². The molecule has 132 valence electrons. The number of rotatable bonds is 3. The van der Waals surface area contributed by atoms with E-state index in [-0.39, 0.29) is 22.0 Å². The van der Waals surface area contributed by atoms with Crippen molar-refractivity contribution < 1.29 is 9.72 Å². The van der Waals surface area contributed by atoms with E-state index in [4.69, 9.17) is 23.2 Å². The molecule has 0 atom stereocenters. The van der Waals surface area contributed by atoms with E-state index in [0.29, 0.717) is 16.4 Å². The molecule has 0 aliphatic carbocycles. The highest BCUT2D eigenvalue weighted by Gasteiger charge is 2.18. The standard InChI is InChI=1S/C16H10Cl2N4O4/c1-8-14(16(24)21-7-9(17)2-5-13(21)19-8)20-15(23)11-4-3-10(22(25)26)6-12(11)18/h2-7H,1H3,(H,20,23). The van der Waals surface area contributed by atoms with Gasteiger partial charge < -0.3 is 5.32 Å². The van der Waals surface area contributed by atoms with E-state index in [1.54, 1.807) is 19.1 Å². The predicted molar refractivity (Wildman–Crippen MR) is 97.3 cm³/mol. The molecule has 1 N–H and O–H groups in total. The van der Waals surface area contributed by atoms with Gasteiger partial charge in [0.1, 0.15) is 11.3 Å². The summed E-state index contributed by atoms with van der Waals surface area (Å²) < 4.78 is 1.21. The van der Waals surface area contributed by atoms with E-state index in [2.05, 4.69) is 10.3 Å². The lowest BCUT2D eigenvalue weighted by Gasteiger charge is -2.10. The number of hydrogen-bond donors (Lipinski definition) is 1. The second kappa shape index (κ2) is 6.74. The van der Waals surface area contributed by atoms with Crippen LogP contribution in [0.15, 0.2) is 41.3 Å². The molecule has 1 aromatic carbocycles. The van der Waals surface area contributed by atoms with Crippen molar-refractivity contribution >= 4 is 46.1 Å². The van der Waals surface area contributed by atoms with Crippen molar-refractivity contribution in [3.05, 3.63) is 78.3 Å². The summed E-state index contributed by atoms with van der Waals surface area (Å²) in [6, 6.07) is 6.61. The van der Waals surface area contributed by atoms with Crippen molar-refractivity contribution in [2.24, 2.45) is 0 Å². The first-order valence-electron chi connectivity index (χ1n) is 7.21. The molecule has 0 spiro atoms. The molecule has 0 fully saturated rings. The number of nitrogens with zero attached hydrogens (tertiary/aromatic N) is 3. The molecule has 3 aromatic rings. The Kier molecular flexibility index (Phi) is 4.62. The number of hydrogen-bond acceptors (Lipinski definition) is 5. The van der Waals surface area contributed by atoms with Crippen LogP contribution in [0, 0.1) is 17.0 Å². The number of amides is 1. The van der Waals surface area contributed by atoms with Gasteiger partial charge >= 0.3 is 0 Å². The minimum atomic E-state index is -0.686. The van der Waals surface area contributed by atoms with Crippen LogP contribution in [0.5, 0.6) is 0 Å². The molecule has 1 amide bonds. The van der Waals surface area contributed by atoms with Crippen molar-refractivity contribution in [1.82, 2.24) is 9.38 Å². The number of aromatic nitrogens is 2. The maximum atomic E-state index is 12.6. The van der Waals surface area contributed by atoms with Crippen molar-refractivity contribution in [3.63, 3.8) is 0 Å². The SMILES string of the molecule is Cc1nc2ccc(Cl)cn2c(=O)c1NC(=O)c1ccc([N+](=O)[O-])cc1Cl. The summed E-state index contributed by atoms with van der Waals surface area (Å²) in [7, 11) is 0. The number of benzene rings is 1. The number of anilines is 1. The van der Waals surface area contributed by atoms with Gasteiger partial charge in [-0.1, -0.05) is 23.2 Å². The molecule has 2 heterocycles. The summed E-state index contributed by atoms with van der Waals surface area (Å²) in [4.78, 5) is 39.5. The number of nitrogens with one attached hydrogen (secondary N) is 1. The highest BCUT2D eigenvalue weighted by atomic mass is 35.5. The first kappa shape index (κ1) is 17.8. The van der Waals surface area contributed by atoms with Gasteiger partial charge in [0.15, 0.2) is 0 Å². The van der Waals surface area contributed by atoms with Crippen LogP contribution in [0.3, 0.4) is 0 Å². The zero-order valence-electron chi connectivity index (χ0n) is 13.2. The lowest BCUT2D eigenvalue weighted by Crippen LogP contribution is -2.25. The third kappa shape index (κ3) is 3.24. The Balaban J connectivity index is 2.02. The zero-order chi connectivity index (χ0) is 19.0. The number of non-ortho nitro benzene ring substituents is 1. The molecule has 0 radical (unpaired) electrons. The molecular weight excluding hydrogens is 383 g/mol. The largest absolute Gasteiger partial charge is 0.316 e. The Morgan fingerprint density at radius 3 is 2.65 bits per heavy atom. The molecule has 8 nitrogen and oxygen atoms in total. The van der Waals surface area contributed by atoms with Crippen LogP contribution in [0.1, 0.15) is 16.1 Å². The van der Waals surface area contributed by atoms with E-state index in [0.717, 1.165) is 12.1 Å². The summed E-state index contributed by atoms with van der Waals surface area (Å²) in [5.74, 6) is -0.686. The minimum Gasteiger partial charge on any atom is -0.316 e. The average Bonchev–Trinajstić information content (AvgIpc) is 2.59. The minimum absolute atomic E-state index is 0.00717. The van der Waals surface area contributed by atoms with Crippen LogP contribution in [0.25, 0.3) is 5.65 Å². The number of pyridine rings is 1. The van der Waals surface area contributed by atoms with Gasteiger partial charge in [-0.25, -0.2) is 4.98 Å². The molecule has 0 aliphatic heterocycles. The number of carbonyl (C=O) groups is 1. The Labute approximate surface area is 156 Å². The second-order valence-electron chi connectivity index (χ2n) is 5.33. The monoisotopic (exact) mass is 392 g/mol. The van der Waals surface area contributed by atoms with Crippen LogP contribution in [0.2, 0.25) is 10.0 Å². The van der Waals surface area contributed by atoms with Gasteiger partial charge in [-0.05, 0) is 25.1 Å². The Bertz CT molecular complexity index is 1130. The second-order valence-corrected chi connectivity index (χ2v) is 6.17.